The fourth-order valence-electron chi connectivity index (χ4n) is 1.59. The summed E-state index contributed by atoms with van der Waals surface area (Å²) in [6.07, 6.45) is -1.34. The minimum Gasteiger partial charge on any atom is -0.384 e. The summed E-state index contributed by atoms with van der Waals surface area (Å²) in [5.41, 5.74) is 0.0966. The van der Waals surface area contributed by atoms with Crippen LogP contribution in [0.4, 0.5) is 13.2 Å². The molecule has 1 unspecified atom stereocenters. The Bertz CT molecular complexity index is 586. The van der Waals surface area contributed by atoms with Crippen molar-refractivity contribution in [1.29, 1.82) is 0 Å². The Kier molecular flexibility index (Phi) is 3.73. The highest BCUT2D eigenvalue weighted by molar-refractivity contribution is 9.10. The second kappa shape index (κ2) is 5.12. The van der Waals surface area contributed by atoms with Crippen LogP contribution >= 0.6 is 15.9 Å². The maximum atomic E-state index is 13.6. The van der Waals surface area contributed by atoms with E-state index in [9.17, 15) is 18.3 Å². The molecule has 0 spiro atoms. The van der Waals surface area contributed by atoms with Gasteiger partial charge in [-0.15, -0.1) is 0 Å². The lowest BCUT2D eigenvalue weighted by molar-refractivity contribution is 0.214. The molecule has 18 heavy (non-hydrogen) atoms. The number of hydrogen-bond acceptors (Lipinski definition) is 1. The maximum absolute atomic E-state index is 13.6. The molecule has 1 nitrogen and oxygen atoms in total. The first-order chi connectivity index (χ1) is 8.49. The molecule has 0 aliphatic heterocycles. The van der Waals surface area contributed by atoms with Gasteiger partial charge < -0.3 is 5.11 Å². The minimum absolute atomic E-state index is 0.00390. The summed E-state index contributed by atoms with van der Waals surface area (Å²) in [7, 11) is 0. The molecule has 0 saturated heterocycles. The molecule has 2 rings (SSSR count). The van der Waals surface area contributed by atoms with Crippen molar-refractivity contribution in [1.82, 2.24) is 0 Å². The summed E-state index contributed by atoms with van der Waals surface area (Å²) in [6.45, 7) is 0. The van der Waals surface area contributed by atoms with E-state index >= 15 is 0 Å². The van der Waals surface area contributed by atoms with E-state index in [1.165, 1.54) is 18.2 Å². The van der Waals surface area contributed by atoms with Crippen LogP contribution in [0.25, 0.3) is 0 Å². The van der Waals surface area contributed by atoms with Crippen molar-refractivity contribution in [2.24, 2.45) is 0 Å². The Morgan fingerprint density at radius 3 is 2.22 bits per heavy atom. The molecule has 0 amide bonds. The average Bonchev–Trinajstić information content (AvgIpc) is 2.32. The van der Waals surface area contributed by atoms with Gasteiger partial charge in [0.2, 0.25) is 0 Å². The SMILES string of the molecule is OC(c1ccc(F)c(F)c1)c1ccc(Br)cc1F. The third kappa shape index (κ3) is 2.57. The minimum atomic E-state index is -1.34. The smallest absolute Gasteiger partial charge is 0.159 e. The molecule has 2 aromatic carbocycles. The summed E-state index contributed by atoms with van der Waals surface area (Å²) in [6, 6.07) is 7.09. The van der Waals surface area contributed by atoms with E-state index < -0.39 is 23.6 Å². The lowest BCUT2D eigenvalue weighted by Gasteiger charge is -2.12. The van der Waals surface area contributed by atoms with Crippen molar-refractivity contribution < 1.29 is 18.3 Å². The largest absolute Gasteiger partial charge is 0.384 e. The topological polar surface area (TPSA) is 20.2 Å². The molecule has 1 N–H and O–H groups in total. The summed E-state index contributed by atoms with van der Waals surface area (Å²) >= 11 is 3.09. The van der Waals surface area contributed by atoms with Gasteiger partial charge in [0.05, 0.1) is 0 Å². The number of hydrogen-bond donors (Lipinski definition) is 1. The van der Waals surface area contributed by atoms with Gasteiger partial charge >= 0.3 is 0 Å². The fraction of sp³-hybridized carbons (Fsp3) is 0.0769. The van der Waals surface area contributed by atoms with Crippen molar-refractivity contribution in [2.45, 2.75) is 6.10 Å². The molecule has 94 valence electrons. The third-order valence-electron chi connectivity index (χ3n) is 2.52. The summed E-state index contributed by atoms with van der Waals surface area (Å²) in [5, 5.41) is 9.93. The molecule has 1 atom stereocenters. The normalized spacial score (nSPS) is 12.5. The number of benzene rings is 2. The van der Waals surface area contributed by atoms with Crippen LogP contribution in [-0.4, -0.2) is 5.11 Å². The second-order valence-electron chi connectivity index (χ2n) is 3.74. The van der Waals surface area contributed by atoms with E-state index in [-0.39, 0.29) is 11.1 Å². The van der Waals surface area contributed by atoms with Crippen LogP contribution in [0.15, 0.2) is 40.9 Å². The lowest BCUT2D eigenvalue weighted by Crippen LogP contribution is -2.03. The number of rotatable bonds is 2. The first-order valence-electron chi connectivity index (χ1n) is 5.07. The Balaban J connectivity index is 2.41. The monoisotopic (exact) mass is 316 g/mol. The Hall–Kier alpha value is -1.33. The molecule has 0 saturated carbocycles. The zero-order chi connectivity index (χ0) is 13.3. The molecule has 0 aromatic heterocycles. The van der Waals surface area contributed by atoms with Crippen LogP contribution in [0.1, 0.15) is 17.2 Å². The fourth-order valence-corrected chi connectivity index (χ4v) is 1.92. The molecule has 0 fully saturated rings. The predicted octanol–water partition coefficient (Wildman–Crippen LogP) is 3.95. The first kappa shape index (κ1) is 13.1. The highest BCUT2D eigenvalue weighted by atomic mass is 79.9. The van der Waals surface area contributed by atoms with Crippen LogP contribution in [-0.2, 0) is 0 Å². The molecular weight excluding hydrogens is 309 g/mol. The van der Waals surface area contributed by atoms with Gasteiger partial charge in [-0.25, -0.2) is 13.2 Å². The summed E-state index contributed by atoms with van der Waals surface area (Å²) < 4.78 is 39.9. The lowest BCUT2D eigenvalue weighted by atomic mass is 10.0. The van der Waals surface area contributed by atoms with Crippen molar-refractivity contribution in [3.05, 3.63) is 69.4 Å². The predicted molar refractivity (Wildman–Crippen MR) is 64.5 cm³/mol. The maximum Gasteiger partial charge on any atom is 0.159 e. The van der Waals surface area contributed by atoms with Gasteiger partial charge in [0.1, 0.15) is 11.9 Å². The van der Waals surface area contributed by atoms with Gasteiger partial charge in [0.25, 0.3) is 0 Å². The molecule has 0 radical (unpaired) electrons. The van der Waals surface area contributed by atoms with Crippen LogP contribution in [0, 0.1) is 17.5 Å². The Morgan fingerprint density at radius 1 is 0.889 bits per heavy atom. The number of aliphatic hydroxyl groups is 1. The van der Waals surface area contributed by atoms with Crippen molar-refractivity contribution >= 4 is 15.9 Å². The Morgan fingerprint density at radius 2 is 1.61 bits per heavy atom. The van der Waals surface area contributed by atoms with E-state index in [1.54, 1.807) is 6.07 Å². The van der Waals surface area contributed by atoms with Gasteiger partial charge in [0, 0.05) is 10.0 Å². The summed E-state index contributed by atoms with van der Waals surface area (Å²) in [4.78, 5) is 0. The van der Waals surface area contributed by atoms with Gasteiger partial charge in [-0.2, -0.15) is 0 Å². The highest BCUT2D eigenvalue weighted by Crippen LogP contribution is 2.27. The van der Waals surface area contributed by atoms with E-state index in [2.05, 4.69) is 15.9 Å². The molecule has 0 heterocycles. The van der Waals surface area contributed by atoms with Crippen LogP contribution < -0.4 is 0 Å². The van der Waals surface area contributed by atoms with E-state index in [0.717, 1.165) is 12.1 Å². The first-order valence-corrected chi connectivity index (χ1v) is 5.86. The zero-order valence-electron chi connectivity index (χ0n) is 9.00. The quantitative estimate of drug-likeness (QED) is 0.889. The molecule has 2 aromatic rings. The van der Waals surface area contributed by atoms with Gasteiger partial charge in [-0.3, -0.25) is 0 Å². The average molecular weight is 317 g/mol. The number of aliphatic hydroxyl groups excluding tert-OH is 1. The van der Waals surface area contributed by atoms with Crippen LogP contribution in [0.5, 0.6) is 0 Å². The van der Waals surface area contributed by atoms with Crippen LogP contribution in [0.2, 0.25) is 0 Å². The Labute approximate surface area is 110 Å². The third-order valence-corrected chi connectivity index (χ3v) is 3.01. The van der Waals surface area contributed by atoms with Gasteiger partial charge in [0.15, 0.2) is 11.6 Å². The highest BCUT2D eigenvalue weighted by Gasteiger charge is 2.16. The summed E-state index contributed by atoms with van der Waals surface area (Å²) in [5.74, 6) is -2.71. The molecule has 0 bridgehead atoms. The molecule has 0 aliphatic rings. The molecule has 5 heteroatoms. The standard InChI is InChI=1S/C13H8BrF3O/c14-8-2-3-9(11(16)6-8)13(18)7-1-4-10(15)12(17)5-7/h1-6,13,18H. The van der Waals surface area contributed by atoms with Gasteiger partial charge in [-0.05, 0) is 29.8 Å². The van der Waals surface area contributed by atoms with Crippen molar-refractivity contribution in [2.75, 3.05) is 0 Å². The van der Waals surface area contributed by atoms with E-state index in [0.29, 0.717) is 4.47 Å². The van der Waals surface area contributed by atoms with Crippen molar-refractivity contribution in [3.63, 3.8) is 0 Å². The molecule has 0 aliphatic carbocycles. The zero-order valence-corrected chi connectivity index (χ0v) is 10.6. The van der Waals surface area contributed by atoms with Gasteiger partial charge in [-0.1, -0.05) is 28.1 Å². The number of halogens is 4. The van der Waals surface area contributed by atoms with Crippen molar-refractivity contribution in [3.8, 4) is 0 Å². The van der Waals surface area contributed by atoms with E-state index in [4.69, 9.17) is 0 Å². The molecular formula is C13H8BrF3O. The van der Waals surface area contributed by atoms with E-state index in [1.807, 2.05) is 0 Å². The second-order valence-corrected chi connectivity index (χ2v) is 4.66. The van der Waals surface area contributed by atoms with Crippen LogP contribution in [0.3, 0.4) is 0 Å².